The molecule has 3 aromatic rings. The number of methoxy groups -OCH3 is 1. The van der Waals surface area contributed by atoms with E-state index < -0.39 is 16.1 Å². The maximum Gasteiger partial charge on any atom is 0.265 e. The van der Waals surface area contributed by atoms with Gasteiger partial charge in [0.15, 0.2) is 0 Å². The van der Waals surface area contributed by atoms with Crippen molar-refractivity contribution in [1.82, 2.24) is 5.32 Å². The monoisotopic (exact) mass is 492 g/mol. The highest BCUT2D eigenvalue weighted by molar-refractivity contribution is 7.93. The zero-order chi connectivity index (χ0) is 25.2. The first-order chi connectivity index (χ1) is 16.6. The molecule has 184 valence electrons. The van der Waals surface area contributed by atoms with Gasteiger partial charge >= 0.3 is 0 Å². The Morgan fingerprint density at radius 1 is 1.00 bits per heavy atom. The van der Waals surface area contributed by atoms with Gasteiger partial charge in [0, 0.05) is 13.0 Å². The van der Waals surface area contributed by atoms with Crippen molar-refractivity contribution in [3.63, 3.8) is 0 Å². The topological polar surface area (TPSA) is 75.7 Å². The van der Waals surface area contributed by atoms with Crippen LogP contribution in [0.15, 0.2) is 77.7 Å². The van der Waals surface area contributed by atoms with Crippen LogP contribution in [0.5, 0.6) is 5.75 Å². The summed E-state index contributed by atoms with van der Waals surface area (Å²) in [5, 5.41) is 2.94. The van der Waals surface area contributed by atoms with Gasteiger partial charge in [0.1, 0.15) is 11.8 Å². The molecule has 3 aromatic carbocycles. The molecule has 0 bridgehead atoms. The summed E-state index contributed by atoms with van der Waals surface area (Å²) in [7, 11) is -2.33. The molecule has 0 aliphatic carbocycles. The number of para-hydroxylation sites is 2. The molecule has 1 N–H and O–H groups in total. The number of hydrogen-bond donors (Lipinski definition) is 1. The Morgan fingerprint density at radius 3 is 2.34 bits per heavy atom. The molecule has 0 radical (unpaired) electrons. The van der Waals surface area contributed by atoms with Crippen LogP contribution in [0.25, 0.3) is 0 Å². The van der Waals surface area contributed by atoms with Crippen LogP contribution < -0.4 is 14.4 Å². The number of anilines is 1. The SMILES string of the molecule is COc1ccccc1CCNC(=O)[C@@H]1Cc2ccccc2N1S(=O)(=O)c1ccc(C(C)(C)C)cc1. The highest BCUT2D eigenvalue weighted by Crippen LogP contribution is 2.37. The molecule has 1 heterocycles. The Kier molecular flexibility index (Phi) is 6.90. The fourth-order valence-corrected chi connectivity index (χ4v) is 6.09. The van der Waals surface area contributed by atoms with Crippen LogP contribution in [0, 0.1) is 0 Å². The predicted molar refractivity (Wildman–Crippen MR) is 138 cm³/mol. The number of fused-ring (bicyclic) bond motifs is 1. The molecule has 1 amide bonds. The van der Waals surface area contributed by atoms with Crippen LogP contribution in [-0.2, 0) is 33.1 Å². The second kappa shape index (κ2) is 9.74. The first kappa shape index (κ1) is 24.8. The summed E-state index contributed by atoms with van der Waals surface area (Å²) in [6, 6.07) is 21.1. The third-order valence-corrected chi connectivity index (χ3v) is 8.23. The van der Waals surface area contributed by atoms with Crippen molar-refractivity contribution < 1.29 is 17.9 Å². The Bertz CT molecular complexity index is 1310. The van der Waals surface area contributed by atoms with Gasteiger partial charge in [-0.3, -0.25) is 9.10 Å². The molecule has 0 fully saturated rings. The maximum absolute atomic E-state index is 13.8. The van der Waals surface area contributed by atoms with E-state index in [-0.39, 0.29) is 16.2 Å². The molecule has 1 atom stereocenters. The normalized spacial score (nSPS) is 15.5. The average Bonchev–Trinajstić information content (AvgIpc) is 3.24. The number of sulfonamides is 1. The number of nitrogens with zero attached hydrogens (tertiary/aromatic N) is 1. The zero-order valence-corrected chi connectivity index (χ0v) is 21.4. The summed E-state index contributed by atoms with van der Waals surface area (Å²) in [6.07, 6.45) is 0.909. The van der Waals surface area contributed by atoms with Crippen molar-refractivity contribution in [2.75, 3.05) is 18.0 Å². The maximum atomic E-state index is 13.8. The molecular weight excluding hydrogens is 460 g/mol. The van der Waals surface area contributed by atoms with Crippen molar-refractivity contribution >= 4 is 21.6 Å². The first-order valence-corrected chi connectivity index (χ1v) is 13.2. The van der Waals surface area contributed by atoms with E-state index >= 15 is 0 Å². The molecule has 0 saturated heterocycles. The molecule has 35 heavy (non-hydrogen) atoms. The minimum Gasteiger partial charge on any atom is -0.496 e. The number of hydrogen-bond acceptors (Lipinski definition) is 4. The summed E-state index contributed by atoms with van der Waals surface area (Å²) < 4.78 is 34.2. The predicted octanol–water partition coefficient (Wildman–Crippen LogP) is 4.47. The van der Waals surface area contributed by atoms with Crippen molar-refractivity contribution in [2.45, 2.75) is 50.0 Å². The third-order valence-electron chi connectivity index (χ3n) is 6.39. The van der Waals surface area contributed by atoms with Gasteiger partial charge in [-0.2, -0.15) is 0 Å². The van der Waals surface area contributed by atoms with Crippen LogP contribution in [0.3, 0.4) is 0 Å². The van der Waals surface area contributed by atoms with Crippen LogP contribution in [-0.4, -0.2) is 34.0 Å². The molecule has 1 aliphatic heterocycles. The number of carbonyl (C=O) groups is 1. The zero-order valence-electron chi connectivity index (χ0n) is 20.6. The van der Waals surface area contributed by atoms with E-state index in [0.29, 0.717) is 25.1 Å². The van der Waals surface area contributed by atoms with Crippen LogP contribution in [0.2, 0.25) is 0 Å². The smallest absolute Gasteiger partial charge is 0.265 e. The van der Waals surface area contributed by atoms with Gasteiger partial charge in [-0.15, -0.1) is 0 Å². The number of amides is 1. The van der Waals surface area contributed by atoms with E-state index in [1.807, 2.05) is 48.5 Å². The number of benzene rings is 3. The van der Waals surface area contributed by atoms with E-state index in [2.05, 4.69) is 26.1 Å². The van der Waals surface area contributed by atoms with Crippen LogP contribution in [0.4, 0.5) is 5.69 Å². The van der Waals surface area contributed by atoms with Crippen LogP contribution >= 0.6 is 0 Å². The van der Waals surface area contributed by atoms with Crippen molar-refractivity contribution in [3.05, 3.63) is 89.5 Å². The highest BCUT2D eigenvalue weighted by Gasteiger charge is 2.42. The summed E-state index contributed by atoms with van der Waals surface area (Å²) in [5.74, 6) is 0.448. The number of carbonyl (C=O) groups excluding carboxylic acids is 1. The molecule has 7 heteroatoms. The molecular formula is C28H32N2O4S. The summed E-state index contributed by atoms with van der Waals surface area (Å²) >= 11 is 0. The molecule has 6 nitrogen and oxygen atoms in total. The molecule has 0 aromatic heterocycles. The van der Waals surface area contributed by atoms with Crippen LogP contribution in [0.1, 0.15) is 37.5 Å². The van der Waals surface area contributed by atoms with E-state index in [4.69, 9.17) is 4.74 Å². The van der Waals surface area contributed by atoms with E-state index in [1.54, 1.807) is 31.4 Å². The molecule has 1 aliphatic rings. The average molecular weight is 493 g/mol. The van der Waals surface area contributed by atoms with Gasteiger partial charge in [0.25, 0.3) is 10.0 Å². The largest absolute Gasteiger partial charge is 0.496 e. The quantitative estimate of drug-likeness (QED) is 0.528. The summed E-state index contributed by atoms with van der Waals surface area (Å²) in [4.78, 5) is 13.5. The molecule has 0 unspecified atom stereocenters. The van der Waals surface area contributed by atoms with Gasteiger partial charge in [0.2, 0.25) is 5.91 Å². The number of nitrogens with one attached hydrogen (secondary N) is 1. The lowest BCUT2D eigenvalue weighted by Gasteiger charge is -2.27. The fourth-order valence-electron chi connectivity index (χ4n) is 4.44. The minimum absolute atomic E-state index is 0.0909. The fraction of sp³-hybridized carbons (Fsp3) is 0.321. The Hall–Kier alpha value is -3.32. The lowest BCUT2D eigenvalue weighted by Crippen LogP contribution is -2.48. The number of ether oxygens (including phenoxy) is 1. The van der Waals surface area contributed by atoms with E-state index in [0.717, 1.165) is 22.4 Å². The Labute approximate surface area is 208 Å². The van der Waals surface area contributed by atoms with Crippen molar-refractivity contribution in [1.29, 1.82) is 0 Å². The van der Waals surface area contributed by atoms with Gasteiger partial charge in [-0.05, 0) is 52.8 Å². The first-order valence-electron chi connectivity index (χ1n) is 11.8. The third kappa shape index (κ3) is 5.05. The number of rotatable bonds is 7. The van der Waals surface area contributed by atoms with E-state index in [1.165, 1.54) is 4.31 Å². The lowest BCUT2D eigenvalue weighted by molar-refractivity contribution is -0.122. The van der Waals surface area contributed by atoms with E-state index in [9.17, 15) is 13.2 Å². The molecule has 0 saturated carbocycles. The van der Waals surface area contributed by atoms with Gasteiger partial charge < -0.3 is 10.1 Å². The standard InChI is InChI=1S/C28H32N2O4S/c1-28(2,3)22-13-15-23(16-14-22)35(32,33)30-24-11-7-5-10-21(24)19-25(30)27(31)29-18-17-20-9-6-8-12-26(20)34-4/h5-16,25H,17-19H2,1-4H3,(H,29,31)/t25-/m0/s1. The minimum atomic E-state index is -3.94. The van der Waals surface area contributed by atoms with Gasteiger partial charge in [-0.25, -0.2) is 8.42 Å². The second-order valence-electron chi connectivity index (χ2n) is 9.78. The Balaban J connectivity index is 1.58. The van der Waals surface area contributed by atoms with Gasteiger partial charge in [0.05, 0.1) is 17.7 Å². The summed E-state index contributed by atoms with van der Waals surface area (Å²) in [6.45, 7) is 6.62. The summed E-state index contributed by atoms with van der Waals surface area (Å²) in [5.41, 5.74) is 3.33. The second-order valence-corrected chi connectivity index (χ2v) is 11.6. The van der Waals surface area contributed by atoms with Crippen molar-refractivity contribution in [3.8, 4) is 5.75 Å². The lowest BCUT2D eigenvalue weighted by atomic mass is 9.87. The Morgan fingerprint density at radius 2 is 1.66 bits per heavy atom. The molecule has 0 spiro atoms. The van der Waals surface area contributed by atoms with Gasteiger partial charge in [-0.1, -0.05) is 69.3 Å². The molecule has 4 rings (SSSR count). The van der Waals surface area contributed by atoms with Crippen molar-refractivity contribution in [2.24, 2.45) is 0 Å². The highest BCUT2D eigenvalue weighted by atomic mass is 32.2.